The van der Waals surface area contributed by atoms with Crippen molar-refractivity contribution in [3.63, 3.8) is 0 Å². The normalized spacial score (nSPS) is 17.9. The molecule has 1 fully saturated rings. The summed E-state index contributed by atoms with van der Waals surface area (Å²) in [5.41, 5.74) is 5.78. The first-order valence-corrected chi connectivity index (χ1v) is 9.25. The lowest BCUT2D eigenvalue weighted by Crippen LogP contribution is -2.32. The number of aromatic nitrogens is 2. The molecule has 28 heavy (non-hydrogen) atoms. The van der Waals surface area contributed by atoms with Crippen molar-refractivity contribution in [1.29, 1.82) is 0 Å². The summed E-state index contributed by atoms with van der Waals surface area (Å²) >= 11 is 0. The Labute approximate surface area is 163 Å². The lowest BCUT2D eigenvalue weighted by atomic mass is 9.99. The molecule has 2 heterocycles. The Bertz CT molecular complexity index is 994. The predicted octanol–water partition coefficient (Wildman–Crippen LogP) is 3.97. The van der Waals surface area contributed by atoms with Crippen LogP contribution in [0.5, 0.6) is 0 Å². The molecule has 0 spiro atoms. The van der Waals surface area contributed by atoms with E-state index < -0.39 is 0 Å². The average molecular weight is 374 g/mol. The van der Waals surface area contributed by atoms with Crippen molar-refractivity contribution in [1.82, 2.24) is 15.1 Å². The quantitative estimate of drug-likeness (QED) is 0.702. The Morgan fingerprint density at radius 2 is 1.96 bits per heavy atom. The third-order valence-corrected chi connectivity index (χ3v) is 5.11. The van der Waals surface area contributed by atoms with E-state index in [1.165, 1.54) is 18.2 Å². The molecule has 3 aromatic rings. The Morgan fingerprint density at radius 3 is 2.64 bits per heavy atom. The van der Waals surface area contributed by atoms with Crippen LogP contribution in [-0.4, -0.2) is 40.4 Å². The van der Waals surface area contributed by atoms with Gasteiger partial charge in [-0.1, -0.05) is 41.6 Å². The number of aromatic amines is 1. The van der Waals surface area contributed by atoms with Crippen LogP contribution in [0.4, 0.5) is 0 Å². The number of carbonyl (C=O) groups is 1. The van der Waals surface area contributed by atoms with E-state index in [2.05, 4.69) is 34.4 Å². The highest BCUT2D eigenvalue weighted by Gasteiger charge is 2.37. The summed E-state index contributed by atoms with van der Waals surface area (Å²) in [7, 11) is 1.52. The molecule has 1 saturated heterocycles. The standard InChI is InChI=1S/C22H22N4O2/c1-15-5-3-4-6-18(15)16-7-9-17(10-8-16)22(27)26-14-12-20(25-28-2)21(26)19-11-13-23-24-19/h3-11,13,21H,12,14H2,1-2H3,(H,23,24). The fraction of sp³-hybridized carbons (Fsp3) is 0.227. The summed E-state index contributed by atoms with van der Waals surface area (Å²) in [6.45, 7) is 2.68. The van der Waals surface area contributed by atoms with Crippen LogP contribution >= 0.6 is 0 Å². The second-order valence-corrected chi connectivity index (χ2v) is 6.82. The SMILES string of the molecule is CON=C1CCN(C(=O)c2ccc(-c3ccccc3C)cc2)C1c1ccn[nH]1. The maximum absolute atomic E-state index is 13.2. The molecule has 6 heteroatoms. The predicted molar refractivity (Wildman–Crippen MR) is 108 cm³/mol. The van der Waals surface area contributed by atoms with Gasteiger partial charge in [0.2, 0.25) is 0 Å². The number of oxime groups is 1. The highest BCUT2D eigenvalue weighted by molar-refractivity contribution is 6.02. The molecule has 0 saturated carbocycles. The zero-order valence-electron chi connectivity index (χ0n) is 15.9. The molecule has 142 valence electrons. The van der Waals surface area contributed by atoms with E-state index in [1.54, 1.807) is 6.20 Å². The molecule has 4 rings (SSSR count). The summed E-state index contributed by atoms with van der Waals surface area (Å²) < 4.78 is 0. The van der Waals surface area contributed by atoms with E-state index in [4.69, 9.17) is 4.84 Å². The van der Waals surface area contributed by atoms with E-state index in [9.17, 15) is 4.79 Å². The molecule has 1 amide bonds. The number of rotatable bonds is 4. The van der Waals surface area contributed by atoms with E-state index in [-0.39, 0.29) is 11.9 Å². The maximum Gasteiger partial charge on any atom is 0.254 e. The van der Waals surface area contributed by atoms with Crippen molar-refractivity contribution < 1.29 is 9.63 Å². The maximum atomic E-state index is 13.2. The summed E-state index contributed by atoms with van der Waals surface area (Å²) in [5, 5.41) is 11.1. The molecular weight excluding hydrogens is 352 g/mol. The fourth-order valence-electron chi connectivity index (χ4n) is 3.73. The van der Waals surface area contributed by atoms with Gasteiger partial charge < -0.3 is 9.74 Å². The van der Waals surface area contributed by atoms with Crippen molar-refractivity contribution in [2.45, 2.75) is 19.4 Å². The molecule has 1 aliphatic heterocycles. The van der Waals surface area contributed by atoms with Gasteiger partial charge in [0, 0.05) is 24.7 Å². The van der Waals surface area contributed by atoms with Crippen LogP contribution in [-0.2, 0) is 4.84 Å². The van der Waals surface area contributed by atoms with Gasteiger partial charge in [-0.25, -0.2) is 0 Å². The number of benzene rings is 2. The van der Waals surface area contributed by atoms with Gasteiger partial charge in [0.25, 0.3) is 5.91 Å². The van der Waals surface area contributed by atoms with E-state index in [0.717, 1.165) is 17.0 Å². The average Bonchev–Trinajstić information content (AvgIpc) is 3.38. The zero-order chi connectivity index (χ0) is 19.5. The van der Waals surface area contributed by atoms with Crippen molar-refractivity contribution in [2.24, 2.45) is 5.16 Å². The van der Waals surface area contributed by atoms with Gasteiger partial charge in [-0.2, -0.15) is 5.10 Å². The monoisotopic (exact) mass is 374 g/mol. The second-order valence-electron chi connectivity index (χ2n) is 6.82. The highest BCUT2D eigenvalue weighted by atomic mass is 16.6. The number of H-pyrrole nitrogens is 1. The molecule has 1 aliphatic rings. The molecule has 0 bridgehead atoms. The first-order chi connectivity index (χ1) is 13.7. The van der Waals surface area contributed by atoms with Gasteiger partial charge in [0.15, 0.2) is 0 Å². The number of likely N-dealkylation sites (tertiary alicyclic amines) is 1. The van der Waals surface area contributed by atoms with Crippen LogP contribution in [0, 0.1) is 6.92 Å². The van der Waals surface area contributed by atoms with Gasteiger partial charge in [-0.15, -0.1) is 0 Å². The van der Waals surface area contributed by atoms with Gasteiger partial charge in [-0.3, -0.25) is 9.89 Å². The lowest BCUT2D eigenvalue weighted by molar-refractivity contribution is 0.0749. The number of hydrogen-bond donors (Lipinski definition) is 1. The van der Waals surface area contributed by atoms with Crippen LogP contribution in [0.3, 0.4) is 0 Å². The first kappa shape index (κ1) is 18.0. The Hall–Kier alpha value is -3.41. The van der Waals surface area contributed by atoms with Crippen LogP contribution in [0.15, 0.2) is 65.9 Å². The topological polar surface area (TPSA) is 70.6 Å². The minimum Gasteiger partial charge on any atom is -0.399 e. The molecule has 1 aromatic heterocycles. The Kier molecular flexibility index (Phi) is 4.93. The van der Waals surface area contributed by atoms with Crippen LogP contribution in [0.1, 0.15) is 34.1 Å². The van der Waals surface area contributed by atoms with Crippen LogP contribution < -0.4 is 0 Å². The molecule has 1 atom stereocenters. The number of aryl methyl sites for hydroxylation is 1. The molecule has 0 aliphatic carbocycles. The van der Waals surface area contributed by atoms with E-state index in [1.807, 2.05) is 47.4 Å². The van der Waals surface area contributed by atoms with Gasteiger partial charge >= 0.3 is 0 Å². The molecule has 0 radical (unpaired) electrons. The zero-order valence-corrected chi connectivity index (χ0v) is 15.9. The number of hydrogen-bond acceptors (Lipinski definition) is 4. The molecule has 1 N–H and O–H groups in total. The minimum atomic E-state index is -0.286. The summed E-state index contributed by atoms with van der Waals surface area (Å²) in [4.78, 5) is 20.0. The molecular formula is C22H22N4O2. The Morgan fingerprint density at radius 1 is 1.18 bits per heavy atom. The molecule has 2 aromatic carbocycles. The fourth-order valence-corrected chi connectivity index (χ4v) is 3.73. The number of carbonyl (C=O) groups excluding carboxylic acids is 1. The van der Waals surface area contributed by atoms with Gasteiger partial charge in [-0.05, 0) is 41.8 Å². The number of amides is 1. The molecule has 1 unspecified atom stereocenters. The van der Waals surface area contributed by atoms with E-state index in [0.29, 0.717) is 18.5 Å². The Balaban J connectivity index is 1.62. The largest absolute Gasteiger partial charge is 0.399 e. The third-order valence-electron chi connectivity index (χ3n) is 5.11. The molecule has 6 nitrogen and oxygen atoms in total. The summed E-state index contributed by atoms with van der Waals surface area (Å²) in [5.74, 6) is -0.0303. The highest BCUT2D eigenvalue weighted by Crippen LogP contribution is 2.31. The second kappa shape index (κ2) is 7.68. The number of nitrogens with one attached hydrogen (secondary N) is 1. The van der Waals surface area contributed by atoms with Gasteiger partial charge in [0.05, 0.1) is 11.4 Å². The smallest absolute Gasteiger partial charge is 0.254 e. The van der Waals surface area contributed by atoms with Crippen molar-refractivity contribution in [3.8, 4) is 11.1 Å². The van der Waals surface area contributed by atoms with Crippen molar-refractivity contribution in [2.75, 3.05) is 13.7 Å². The van der Waals surface area contributed by atoms with E-state index >= 15 is 0 Å². The summed E-state index contributed by atoms with van der Waals surface area (Å²) in [6, 6.07) is 17.6. The van der Waals surface area contributed by atoms with Crippen LogP contribution in [0.2, 0.25) is 0 Å². The number of nitrogens with zero attached hydrogens (tertiary/aromatic N) is 3. The van der Waals surface area contributed by atoms with Crippen molar-refractivity contribution >= 4 is 11.6 Å². The van der Waals surface area contributed by atoms with Crippen LogP contribution in [0.25, 0.3) is 11.1 Å². The third kappa shape index (κ3) is 3.29. The minimum absolute atomic E-state index is 0.0303. The first-order valence-electron chi connectivity index (χ1n) is 9.25. The van der Waals surface area contributed by atoms with Gasteiger partial charge in [0.1, 0.15) is 13.2 Å². The lowest BCUT2D eigenvalue weighted by Gasteiger charge is -2.23. The van der Waals surface area contributed by atoms with Crippen molar-refractivity contribution in [3.05, 3.63) is 77.6 Å². The summed E-state index contributed by atoms with van der Waals surface area (Å²) in [6.07, 6.45) is 2.35.